The molecule has 7 nitrogen and oxygen atoms in total. The van der Waals surface area contributed by atoms with E-state index in [4.69, 9.17) is 4.74 Å². The number of nitrogens with zero attached hydrogens (tertiary/aromatic N) is 2. The van der Waals surface area contributed by atoms with E-state index < -0.39 is 17.0 Å². The second-order valence-corrected chi connectivity index (χ2v) is 12.2. The molecule has 39 heavy (non-hydrogen) atoms. The third-order valence-corrected chi connectivity index (χ3v) is 8.92. The minimum atomic E-state index is -1.24. The molecule has 1 unspecified atom stereocenters. The van der Waals surface area contributed by atoms with Crippen molar-refractivity contribution < 1.29 is 19.4 Å². The number of carbonyl (C=O) groups is 2. The van der Waals surface area contributed by atoms with Gasteiger partial charge in [0.25, 0.3) is 5.56 Å². The Morgan fingerprint density at radius 3 is 2.46 bits per heavy atom. The quantitative estimate of drug-likeness (QED) is 0.463. The molecular formula is C32H44N2O5. The van der Waals surface area contributed by atoms with Crippen molar-refractivity contribution in [3.05, 3.63) is 58.5 Å². The Bertz CT molecular complexity index is 1210. The number of hydrogen-bond acceptors (Lipinski definition) is 5. The van der Waals surface area contributed by atoms with E-state index >= 15 is 0 Å². The van der Waals surface area contributed by atoms with Gasteiger partial charge in [-0.25, -0.2) is 4.79 Å². The fourth-order valence-electron chi connectivity index (χ4n) is 6.38. The molecule has 0 radical (unpaired) electrons. The highest BCUT2D eigenvalue weighted by atomic mass is 16.5. The van der Waals surface area contributed by atoms with Gasteiger partial charge < -0.3 is 19.3 Å². The number of amides is 1. The van der Waals surface area contributed by atoms with E-state index in [0.29, 0.717) is 31.0 Å². The average Bonchev–Trinajstić information content (AvgIpc) is 2.92. The van der Waals surface area contributed by atoms with Crippen LogP contribution in [0.25, 0.3) is 11.1 Å². The van der Waals surface area contributed by atoms with Gasteiger partial charge in [-0.3, -0.25) is 9.59 Å². The molecular weight excluding hydrogens is 492 g/mol. The van der Waals surface area contributed by atoms with Crippen molar-refractivity contribution >= 4 is 11.9 Å². The molecule has 2 heterocycles. The first kappa shape index (κ1) is 29.1. The maximum absolute atomic E-state index is 13.4. The zero-order valence-electron chi connectivity index (χ0n) is 23.9. The van der Waals surface area contributed by atoms with Crippen LogP contribution in [0.5, 0.6) is 0 Å². The van der Waals surface area contributed by atoms with Gasteiger partial charge in [0, 0.05) is 42.2 Å². The summed E-state index contributed by atoms with van der Waals surface area (Å²) in [6.07, 6.45) is 9.06. The van der Waals surface area contributed by atoms with E-state index in [2.05, 4.69) is 0 Å². The van der Waals surface area contributed by atoms with Gasteiger partial charge in [0.15, 0.2) is 0 Å². The van der Waals surface area contributed by atoms with Crippen LogP contribution < -0.4 is 5.56 Å². The summed E-state index contributed by atoms with van der Waals surface area (Å²) in [5, 5.41) is 11.9. The standard InChI is InChI=1S/C32H44N2O5/c1-5-39-30(37)27-20-34(28(35)19-26(27)25-14-10-7-11-15-25)22-32(38)16-17-33(21-31(32,3)4)29(36)23(2)18-24-12-8-6-9-13-24/h7,10-11,14-15,19-20,23-24,38H,5-6,8-9,12-13,16-18,21-22H2,1-4H3/t23-,32?/m1/s1. The summed E-state index contributed by atoms with van der Waals surface area (Å²) >= 11 is 0. The highest BCUT2D eigenvalue weighted by molar-refractivity contribution is 5.96. The lowest BCUT2D eigenvalue weighted by Crippen LogP contribution is -2.61. The second kappa shape index (κ2) is 12.1. The molecule has 0 bridgehead atoms. The number of aliphatic hydroxyl groups is 1. The molecule has 7 heteroatoms. The molecule has 1 saturated carbocycles. The third kappa shape index (κ3) is 6.46. The number of ether oxygens (including phenoxy) is 1. The minimum absolute atomic E-state index is 0.0277. The fraction of sp³-hybridized carbons (Fsp3) is 0.594. The van der Waals surface area contributed by atoms with E-state index in [9.17, 15) is 19.5 Å². The average molecular weight is 537 g/mol. The Morgan fingerprint density at radius 2 is 1.82 bits per heavy atom. The van der Waals surface area contributed by atoms with Gasteiger partial charge in [0.1, 0.15) is 0 Å². The molecule has 1 saturated heterocycles. The first-order valence-electron chi connectivity index (χ1n) is 14.5. The largest absolute Gasteiger partial charge is 0.462 e. The van der Waals surface area contributed by atoms with Crippen molar-refractivity contribution in [2.24, 2.45) is 17.3 Å². The zero-order chi connectivity index (χ0) is 28.2. The van der Waals surface area contributed by atoms with Crippen LogP contribution >= 0.6 is 0 Å². The third-order valence-electron chi connectivity index (χ3n) is 8.92. The first-order valence-corrected chi connectivity index (χ1v) is 14.5. The number of carbonyl (C=O) groups excluding carboxylic acids is 2. The van der Waals surface area contributed by atoms with Gasteiger partial charge >= 0.3 is 5.97 Å². The summed E-state index contributed by atoms with van der Waals surface area (Å²) in [6, 6.07) is 10.7. The fourth-order valence-corrected chi connectivity index (χ4v) is 6.38. The molecule has 2 atom stereocenters. The summed E-state index contributed by atoms with van der Waals surface area (Å²) in [5.74, 6) is 0.246. The lowest BCUT2D eigenvalue weighted by atomic mass is 9.69. The molecule has 4 rings (SSSR count). The lowest BCUT2D eigenvalue weighted by molar-refractivity contribution is -0.157. The van der Waals surface area contributed by atoms with Crippen LogP contribution in [0.3, 0.4) is 0 Å². The first-order chi connectivity index (χ1) is 18.5. The minimum Gasteiger partial charge on any atom is -0.462 e. The van der Waals surface area contributed by atoms with Gasteiger partial charge in [0.05, 0.1) is 24.3 Å². The highest BCUT2D eigenvalue weighted by Crippen LogP contribution is 2.41. The summed E-state index contributed by atoms with van der Waals surface area (Å²) < 4.78 is 6.72. The Hall–Kier alpha value is -2.93. The van der Waals surface area contributed by atoms with E-state index in [1.165, 1.54) is 48.9 Å². The molecule has 1 aliphatic carbocycles. The Balaban J connectivity index is 1.53. The van der Waals surface area contributed by atoms with E-state index in [1.54, 1.807) is 6.92 Å². The number of rotatable bonds is 8. The predicted molar refractivity (Wildman–Crippen MR) is 152 cm³/mol. The summed E-state index contributed by atoms with van der Waals surface area (Å²) in [4.78, 5) is 41.4. The summed E-state index contributed by atoms with van der Waals surface area (Å²) in [5.41, 5.74) is -0.654. The smallest absolute Gasteiger partial charge is 0.340 e. The van der Waals surface area contributed by atoms with Gasteiger partial charge in [0.2, 0.25) is 5.91 Å². The van der Waals surface area contributed by atoms with Gasteiger partial charge in [-0.1, -0.05) is 83.2 Å². The number of hydrogen-bond donors (Lipinski definition) is 1. The number of aromatic nitrogens is 1. The Kier molecular flexibility index (Phi) is 9.00. The van der Waals surface area contributed by atoms with Crippen LogP contribution in [0, 0.1) is 17.3 Å². The number of benzene rings is 1. The van der Waals surface area contributed by atoms with Crippen LogP contribution in [0.4, 0.5) is 0 Å². The maximum Gasteiger partial charge on any atom is 0.340 e. The normalized spacial score (nSPS) is 22.3. The number of likely N-dealkylation sites (tertiary alicyclic amines) is 1. The number of piperidine rings is 1. The molecule has 1 aromatic heterocycles. The Morgan fingerprint density at radius 1 is 1.13 bits per heavy atom. The van der Waals surface area contributed by atoms with E-state index in [0.717, 1.165) is 12.0 Å². The Labute approximate surface area is 232 Å². The maximum atomic E-state index is 13.4. The molecule has 1 aliphatic heterocycles. The SMILES string of the molecule is CCOC(=O)c1cn(CC2(O)CCN(C(=O)[C@H](C)CC3CCCCC3)CC2(C)C)c(=O)cc1-c1ccccc1. The second-order valence-electron chi connectivity index (χ2n) is 12.2. The molecule has 1 N–H and O–H groups in total. The lowest BCUT2D eigenvalue weighted by Gasteiger charge is -2.51. The van der Waals surface area contributed by atoms with Crippen LogP contribution in [0.2, 0.25) is 0 Å². The predicted octanol–water partition coefficient (Wildman–Crippen LogP) is 5.29. The molecule has 1 aromatic carbocycles. The van der Waals surface area contributed by atoms with E-state index in [-0.39, 0.29) is 36.1 Å². The van der Waals surface area contributed by atoms with Crippen molar-refractivity contribution in [2.45, 2.75) is 84.8 Å². The van der Waals surface area contributed by atoms with Crippen LogP contribution in [0.1, 0.15) is 83.0 Å². The van der Waals surface area contributed by atoms with Crippen molar-refractivity contribution in [1.82, 2.24) is 9.47 Å². The monoisotopic (exact) mass is 536 g/mol. The number of esters is 1. The summed E-state index contributed by atoms with van der Waals surface area (Å²) in [6.45, 7) is 8.78. The van der Waals surface area contributed by atoms with Crippen molar-refractivity contribution in [1.29, 1.82) is 0 Å². The topological polar surface area (TPSA) is 88.8 Å². The molecule has 1 amide bonds. The zero-order valence-corrected chi connectivity index (χ0v) is 23.9. The molecule has 2 aliphatic rings. The van der Waals surface area contributed by atoms with Gasteiger partial charge in [-0.2, -0.15) is 0 Å². The van der Waals surface area contributed by atoms with Crippen molar-refractivity contribution in [3.63, 3.8) is 0 Å². The summed E-state index contributed by atoms with van der Waals surface area (Å²) in [7, 11) is 0. The van der Waals surface area contributed by atoms with Gasteiger partial charge in [-0.15, -0.1) is 0 Å². The molecule has 2 fully saturated rings. The van der Waals surface area contributed by atoms with Crippen molar-refractivity contribution in [3.8, 4) is 11.1 Å². The van der Waals surface area contributed by atoms with Gasteiger partial charge in [-0.05, 0) is 31.2 Å². The molecule has 212 valence electrons. The van der Waals surface area contributed by atoms with Crippen LogP contribution in [0.15, 0.2) is 47.4 Å². The number of pyridine rings is 1. The van der Waals surface area contributed by atoms with Crippen molar-refractivity contribution in [2.75, 3.05) is 19.7 Å². The van der Waals surface area contributed by atoms with E-state index in [1.807, 2.05) is 56.0 Å². The highest BCUT2D eigenvalue weighted by Gasteiger charge is 2.49. The molecule has 2 aromatic rings. The van der Waals surface area contributed by atoms with Crippen LogP contribution in [-0.4, -0.2) is 51.7 Å². The molecule has 0 spiro atoms. The van der Waals surface area contributed by atoms with Crippen LogP contribution in [-0.2, 0) is 16.1 Å².